The minimum atomic E-state index is -0.337. The van der Waals surface area contributed by atoms with Crippen LogP contribution in [0, 0.1) is 0 Å². The fraction of sp³-hybridized carbons (Fsp3) is 0.130. The van der Waals surface area contributed by atoms with Crippen LogP contribution in [0.4, 0.5) is 0 Å². The van der Waals surface area contributed by atoms with Crippen molar-refractivity contribution in [2.45, 2.75) is 19.5 Å². The van der Waals surface area contributed by atoms with Crippen LogP contribution < -0.4 is 14.8 Å². The Bertz CT molecular complexity index is 875. The highest BCUT2D eigenvalue weighted by molar-refractivity contribution is 7.47. The average molecular weight is 392 g/mol. The molecular weight excluding hydrogens is 371 g/mol. The summed E-state index contributed by atoms with van der Waals surface area (Å²) in [5.74, 6) is 0.388. The van der Waals surface area contributed by atoms with Gasteiger partial charge in [-0.1, -0.05) is 63.2 Å². The van der Waals surface area contributed by atoms with Crippen LogP contribution in [0.5, 0.6) is 11.5 Å². The van der Waals surface area contributed by atoms with Crippen molar-refractivity contribution in [3.05, 3.63) is 90.0 Å². The number of benzene rings is 3. The lowest BCUT2D eigenvalue weighted by molar-refractivity contribution is -0.132. The number of ether oxygens (including phenoxy) is 2. The predicted molar refractivity (Wildman–Crippen MR) is 112 cm³/mol. The summed E-state index contributed by atoms with van der Waals surface area (Å²) in [6, 6.07) is 25.5. The first kappa shape index (κ1) is 19.8. The van der Waals surface area contributed by atoms with Crippen LogP contribution >= 0.6 is 8.58 Å². The van der Waals surface area contributed by atoms with Gasteiger partial charge < -0.3 is 9.47 Å². The fourth-order valence-corrected chi connectivity index (χ4v) is 4.29. The van der Waals surface area contributed by atoms with Gasteiger partial charge in [-0.15, -0.1) is 0 Å². The molecule has 1 atom stereocenters. The minimum Gasteiger partial charge on any atom is -0.427 e. The van der Waals surface area contributed by atoms with Crippen molar-refractivity contribution in [1.29, 1.82) is 0 Å². The number of rotatable bonds is 6. The second-order valence-corrected chi connectivity index (χ2v) is 7.71. The Labute approximate surface area is 166 Å². The van der Waals surface area contributed by atoms with Gasteiger partial charge in [0.15, 0.2) is 0 Å². The van der Waals surface area contributed by atoms with E-state index in [1.165, 1.54) is 19.2 Å². The molecule has 0 saturated heterocycles. The van der Waals surface area contributed by atoms with E-state index in [-0.39, 0.29) is 17.6 Å². The molecule has 0 aliphatic rings. The lowest BCUT2D eigenvalue weighted by atomic mass is 10.0. The van der Waals surface area contributed by atoms with Gasteiger partial charge in [0.2, 0.25) is 0 Å². The molecule has 3 aromatic rings. The summed E-state index contributed by atoms with van der Waals surface area (Å²) >= 11 is 0. The molecule has 3 aromatic carbocycles. The van der Waals surface area contributed by atoms with Gasteiger partial charge in [0.1, 0.15) is 11.5 Å². The highest BCUT2D eigenvalue weighted by Gasteiger charge is 2.16. The largest absolute Gasteiger partial charge is 0.427 e. The maximum Gasteiger partial charge on any atom is 0.308 e. The molecule has 0 heterocycles. The van der Waals surface area contributed by atoms with E-state index in [0.29, 0.717) is 20.1 Å². The zero-order chi connectivity index (χ0) is 19.9. The van der Waals surface area contributed by atoms with Gasteiger partial charge >= 0.3 is 11.9 Å². The highest BCUT2D eigenvalue weighted by atomic mass is 31.1. The van der Waals surface area contributed by atoms with Crippen LogP contribution in [0.3, 0.4) is 0 Å². The number of carbonyl (C=O) groups is 2. The van der Waals surface area contributed by atoms with Crippen LogP contribution in [0.15, 0.2) is 78.9 Å². The summed E-state index contributed by atoms with van der Waals surface area (Å²) in [6.07, 6.45) is 0. The molecule has 5 heteroatoms. The summed E-state index contributed by atoms with van der Waals surface area (Å²) < 4.78 is 10.3. The minimum absolute atomic E-state index is 0.139. The number of esters is 2. The molecule has 142 valence electrons. The summed E-state index contributed by atoms with van der Waals surface area (Å²) in [5.41, 5.74) is 2.39. The van der Waals surface area contributed by atoms with E-state index in [1.54, 1.807) is 0 Å². The maximum atomic E-state index is 11.1. The zero-order valence-corrected chi connectivity index (χ0v) is 16.7. The van der Waals surface area contributed by atoms with Gasteiger partial charge in [-0.25, -0.2) is 0 Å². The summed E-state index contributed by atoms with van der Waals surface area (Å²) in [5, 5.41) is 1.25. The van der Waals surface area contributed by atoms with Crippen molar-refractivity contribution < 1.29 is 19.1 Å². The SMILES string of the molecule is CC(=O)Oc1ccc(C(Pc2ccccc2)c2ccc(OC(C)=O)cc2)cc1. The Kier molecular flexibility index (Phi) is 6.57. The van der Waals surface area contributed by atoms with E-state index >= 15 is 0 Å². The van der Waals surface area contributed by atoms with E-state index < -0.39 is 0 Å². The molecule has 1 unspecified atom stereocenters. The molecule has 0 radical (unpaired) electrons. The molecule has 0 fully saturated rings. The van der Waals surface area contributed by atoms with Crippen LogP contribution in [0.25, 0.3) is 0 Å². The van der Waals surface area contributed by atoms with E-state index in [9.17, 15) is 9.59 Å². The van der Waals surface area contributed by atoms with E-state index in [0.717, 1.165) is 11.1 Å². The zero-order valence-electron chi connectivity index (χ0n) is 15.7. The van der Waals surface area contributed by atoms with Crippen LogP contribution in [-0.4, -0.2) is 11.9 Å². The normalized spacial score (nSPS) is 11.0. The third kappa shape index (κ3) is 5.51. The Morgan fingerprint density at radius 1 is 0.679 bits per heavy atom. The number of hydrogen-bond donors (Lipinski definition) is 0. The fourth-order valence-electron chi connectivity index (χ4n) is 2.85. The quantitative estimate of drug-likeness (QED) is 0.349. The van der Waals surface area contributed by atoms with Crippen LogP contribution in [0.1, 0.15) is 30.6 Å². The van der Waals surface area contributed by atoms with Crippen LogP contribution in [0.2, 0.25) is 0 Å². The topological polar surface area (TPSA) is 52.6 Å². The molecule has 0 spiro atoms. The molecule has 0 amide bonds. The first-order chi connectivity index (χ1) is 13.5. The second kappa shape index (κ2) is 9.29. The second-order valence-electron chi connectivity index (χ2n) is 6.27. The van der Waals surface area contributed by atoms with Crippen molar-refractivity contribution in [1.82, 2.24) is 0 Å². The molecule has 0 aromatic heterocycles. The monoisotopic (exact) mass is 392 g/mol. The molecule has 4 nitrogen and oxygen atoms in total. The lowest BCUT2D eigenvalue weighted by Crippen LogP contribution is -2.04. The molecule has 3 rings (SSSR count). The van der Waals surface area contributed by atoms with E-state index in [2.05, 4.69) is 12.1 Å². The van der Waals surface area contributed by atoms with E-state index in [1.807, 2.05) is 66.7 Å². The average Bonchev–Trinajstić information content (AvgIpc) is 2.68. The Morgan fingerprint density at radius 2 is 1.11 bits per heavy atom. The lowest BCUT2D eigenvalue weighted by Gasteiger charge is -2.19. The predicted octanol–water partition coefficient (Wildman–Crippen LogP) is 4.63. The third-order valence-electron chi connectivity index (χ3n) is 4.03. The standard InChI is InChI=1S/C23H21O4P/c1-16(24)26-20-12-8-18(9-13-20)23(28-22-6-4-3-5-7-22)19-10-14-21(15-11-19)27-17(2)25/h3-15,23,28H,1-2H3. The molecule has 0 aliphatic heterocycles. The smallest absolute Gasteiger partial charge is 0.308 e. The van der Waals surface area contributed by atoms with Crippen molar-refractivity contribution in [3.8, 4) is 11.5 Å². The molecule has 0 bridgehead atoms. The Morgan fingerprint density at radius 3 is 1.50 bits per heavy atom. The van der Waals surface area contributed by atoms with Gasteiger partial charge in [0.05, 0.1) is 0 Å². The molecule has 0 saturated carbocycles. The van der Waals surface area contributed by atoms with Crippen molar-refractivity contribution in [2.75, 3.05) is 0 Å². The molecule has 0 N–H and O–H groups in total. The maximum absolute atomic E-state index is 11.1. The van der Waals surface area contributed by atoms with Gasteiger partial charge in [-0.2, -0.15) is 0 Å². The van der Waals surface area contributed by atoms with Gasteiger partial charge in [-0.3, -0.25) is 9.59 Å². The summed E-state index contributed by atoms with van der Waals surface area (Å²) in [6.45, 7) is 2.77. The third-order valence-corrected chi connectivity index (χ3v) is 5.66. The number of carbonyl (C=O) groups excluding carboxylic acids is 2. The first-order valence-corrected chi connectivity index (χ1v) is 9.97. The summed E-state index contributed by atoms with van der Waals surface area (Å²) in [7, 11) is 0.520. The Hall–Kier alpha value is -2.97. The highest BCUT2D eigenvalue weighted by Crippen LogP contribution is 2.40. The van der Waals surface area contributed by atoms with Crippen LogP contribution in [-0.2, 0) is 9.59 Å². The molecular formula is C23H21O4P. The molecule has 0 aliphatic carbocycles. The first-order valence-electron chi connectivity index (χ1n) is 8.89. The molecule has 28 heavy (non-hydrogen) atoms. The van der Waals surface area contributed by atoms with E-state index in [4.69, 9.17) is 9.47 Å². The Balaban J connectivity index is 1.90. The van der Waals surface area contributed by atoms with Crippen molar-refractivity contribution in [2.24, 2.45) is 0 Å². The van der Waals surface area contributed by atoms with Gasteiger partial charge in [0, 0.05) is 19.5 Å². The number of hydrogen-bond acceptors (Lipinski definition) is 4. The van der Waals surface area contributed by atoms with Gasteiger partial charge in [-0.05, 0) is 40.7 Å². The van der Waals surface area contributed by atoms with Gasteiger partial charge in [0.25, 0.3) is 0 Å². The van der Waals surface area contributed by atoms with Crippen molar-refractivity contribution >= 4 is 25.8 Å². The van der Waals surface area contributed by atoms with Crippen molar-refractivity contribution in [3.63, 3.8) is 0 Å². The summed E-state index contributed by atoms with van der Waals surface area (Å²) in [4.78, 5) is 22.3.